The van der Waals surface area contributed by atoms with Crippen molar-refractivity contribution < 1.29 is 14.3 Å². The van der Waals surface area contributed by atoms with Crippen molar-refractivity contribution in [1.82, 2.24) is 4.57 Å². The zero-order chi connectivity index (χ0) is 15.1. The van der Waals surface area contributed by atoms with Crippen LogP contribution in [0.2, 0.25) is 18.1 Å². The zero-order valence-electron chi connectivity index (χ0n) is 12.6. The van der Waals surface area contributed by atoms with Crippen LogP contribution >= 0.6 is 0 Å². The molecule has 1 heterocycles. The Labute approximate surface area is 120 Å². The van der Waals surface area contributed by atoms with Crippen molar-refractivity contribution >= 4 is 25.3 Å². The maximum Gasteiger partial charge on any atom is 0.416 e. The number of hydrogen-bond acceptors (Lipinski definition) is 2. The molecule has 0 atom stereocenters. The molecule has 108 valence electrons. The molecule has 0 saturated carbocycles. The predicted octanol–water partition coefficient (Wildman–Crippen LogP) is 4.55. The number of rotatable bonds is 2. The largest absolute Gasteiger partial charge is 0.543 e. The van der Waals surface area contributed by atoms with E-state index in [1.54, 1.807) is 18.3 Å². The van der Waals surface area contributed by atoms with Gasteiger partial charge in [-0.25, -0.2) is 4.79 Å². The van der Waals surface area contributed by atoms with Crippen LogP contribution in [0.4, 0.5) is 4.79 Å². The fraction of sp³-hybridized carbons (Fsp3) is 0.400. The molecule has 5 heteroatoms. The molecule has 0 aliphatic rings. The molecule has 0 radical (unpaired) electrons. The monoisotopic (exact) mass is 291 g/mol. The Morgan fingerprint density at radius 2 is 1.90 bits per heavy atom. The molecule has 0 aliphatic heterocycles. The van der Waals surface area contributed by atoms with Gasteiger partial charge in [-0.2, -0.15) is 0 Å². The normalized spacial score (nSPS) is 12.7. The van der Waals surface area contributed by atoms with Gasteiger partial charge in [0.05, 0.1) is 5.52 Å². The van der Waals surface area contributed by atoms with E-state index >= 15 is 0 Å². The first kappa shape index (κ1) is 14.7. The summed E-state index contributed by atoms with van der Waals surface area (Å²) in [5, 5.41) is 10.1. The van der Waals surface area contributed by atoms with Gasteiger partial charge < -0.3 is 9.53 Å². The van der Waals surface area contributed by atoms with Crippen LogP contribution in [0, 0.1) is 0 Å². The van der Waals surface area contributed by atoms with Crippen molar-refractivity contribution in [1.29, 1.82) is 0 Å². The number of carbonyl (C=O) groups is 1. The summed E-state index contributed by atoms with van der Waals surface area (Å²) >= 11 is 0. The van der Waals surface area contributed by atoms with Crippen molar-refractivity contribution in [3.8, 4) is 5.75 Å². The molecule has 0 spiro atoms. The third-order valence-electron chi connectivity index (χ3n) is 4.07. The lowest BCUT2D eigenvalue weighted by atomic mass is 10.2. The van der Waals surface area contributed by atoms with Crippen LogP contribution in [-0.4, -0.2) is 24.1 Å². The molecule has 0 aliphatic carbocycles. The molecule has 4 nitrogen and oxygen atoms in total. The van der Waals surface area contributed by atoms with Gasteiger partial charge in [-0.3, -0.25) is 4.57 Å². The van der Waals surface area contributed by atoms with Crippen molar-refractivity contribution in [2.75, 3.05) is 0 Å². The number of benzene rings is 1. The Balaban J connectivity index is 2.49. The zero-order valence-corrected chi connectivity index (χ0v) is 13.6. The molecule has 0 fully saturated rings. The van der Waals surface area contributed by atoms with Crippen LogP contribution in [0.15, 0.2) is 30.5 Å². The first-order chi connectivity index (χ1) is 9.13. The second kappa shape index (κ2) is 4.66. The topological polar surface area (TPSA) is 51.5 Å². The average molecular weight is 291 g/mol. The molecular weight excluding hydrogens is 270 g/mol. The Hall–Kier alpha value is -1.75. The minimum absolute atomic E-state index is 0.102. The second-order valence-electron chi connectivity index (χ2n) is 6.52. The van der Waals surface area contributed by atoms with Crippen molar-refractivity contribution in [2.45, 2.75) is 38.9 Å². The summed E-state index contributed by atoms with van der Waals surface area (Å²) in [6, 6.07) is 7.34. The molecule has 1 aromatic heterocycles. The molecular formula is C15H21NO3Si. The van der Waals surface area contributed by atoms with Crippen LogP contribution < -0.4 is 4.43 Å². The summed E-state index contributed by atoms with van der Waals surface area (Å²) in [5.41, 5.74) is 0.661. The molecule has 0 amide bonds. The molecule has 1 N–H and O–H groups in total. The smallest absolute Gasteiger partial charge is 0.416 e. The highest BCUT2D eigenvalue weighted by molar-refractivity contribution is 6.74. The molecule has 1 aromatic carbocycles. The highest BCUT2D eigenvalue weighted by Crippen LogP contribution is 2.39. The predicted molar refractivity (Wildman–Crippen MR) is 83.2 cm³/mol. The summed E-state index contributed by atoms with van der Waals surface area (Å²) in [6.07, 6.45) is 0.579. The minimum Gasteiger partial charge on any atom is -0.543 e. The SMILES string of the molecule is CC(C)(C)[Si](C)(C)Oc1cccc2c1ccn2C(=O)O. The highest BCUT2D eigenvalue weighted by atomic mass is 28.4. The van der Waals surface area contributed by atoms with E-state index in [4.69, 9.17) is 9.53 Å². The first-order valence-corrected chi connectivity index (χ1v) is 9.57. The fourth-order valence-electron chi connectivity index (χ4n) is 1.82. The van der Waals surface area contributed by atoms with E-state index in [1.807, 2.05) is 12.1 Å². The lowest BCUT2D eigenvalue weighted by Gasteiger charge is -2.36. The fourth-order valence-corrected chi connectivity index (χ4v) is 2.86. The van der Waals surface area contributed by atoms with Gasteiger partial charge in [0.15, 0.2) is 0 Å². The van der Waals surface area contributed by atoms with E-state index < -0.39 is 14.4 Å². The van der Waals surface area contributed by atoms with E-state index in [-0.39, 0.29) is 5.04 Å². The average Bonchev–Trinajstić information content (AvgIpc) is 2.71. The van der Waals surface area contributed by atoms with Gasteiger partial charge in [0.2, 0.25) is 0 Å². The first-order valence-electron chi connectivity index (χ1n) is 6.66. The standard InChI is InChI=1S/C15H21NO3Si/c1-15(2,3)20(4,5)19-13-8-6-7-12-11(13)9-10-16(12)14(17)18/h6-10H,1-5H3,(H,17,18). The lowest BCUT2D eigenvalue weighted by Crippen LogP contribution is -2.43. The van der Waals surface area contributed by atoms with Crippen LogP contribution in [-0.2, 0) is 0 Å². The molecule has 2 rings (SSSR count). The van der Waals surface area contributed by atoms with Crippen LogP contribution in [0.5, 0.6) is 5.75 Å². The third kappa shape index (κ3) is 2.45. The Morgan fingerprint density at radius 1 is 1.25 bits per heavy atom. The van der Waals surface area contributed by atoms with Gasteiger partial charge in [0.1, 0.15) is 5.75 Å². The Kier molecular flexibility index (Phi) is 3.42. The van der Waals surface area contributed by atoms with Crippen molar-refractivity contribution in [3.05, 3.63) is 30.5 Å². The highest BCUT2D eigenvalue weighted by Gasteiger charge is 2.39. The van der Waals surface area contributed by atoms with E-state index in [2.05, 4.69) is 33.9 Å². The van der Waals surface area contributed by atoms with Gasteiger partial charge in [-0.15, -0.1) is 0 Å². The Morgan fingerprint density at radius 3 is 2.45 bits per heavy atom. The van der Waals surface area contributed by atoms with Crippen molar-refractivity contribution in [2.24, 2.45) is 0 Å². The van der Waals surface area contributed by atoms with E-state index in [0.717, 1.165) is 11.1 Å². The molecule has 0 unspecified atom stereocenters. The number of nitrogens with zero attached hydrogens (tertiary/aromatic N) is 1. The van der Waals surface area contributed by atoms with Gasteiger partial charge >= 0.3 is 6.09 Å². The number of hydrogen-bond donors (Lipinski definition) is 1. The summed E-state index contributed by atoms with van der Waals surface area (Å²) in [7, 11) is -1.94. The summed E-state index contributed by atoms with van der Waals surface area (Å²) in [5.74, 6) is 0.772. The summed E-state index contributed by atoms with van der Waals surface area (Å²) in [6.45, 7) is 10.9. The summed E-state index contributed by atoms with van der Waals surface area (Å²) in [4.78, 5) is 11.2. The summed E-state index contributed by atoms with van der Waals surface area (Å²) < 4.78 is 7.52. The van der Waals surface area contributed by atoms with Gasteiger partial charge in [-0.1, -0.05) is 26.8 Å². The van der Waals surface area contributed by atoms with Crippen LogP contribution in [0.25, 0.3) is 10.9 Å². The third-order valence-corrected chi connectivity index (χ3v) is 8.41. The number of carboxylic acid groups (broad SMARTS) is 1. The van der Waals surface area contributed by atoms with E-state index in [9.17, 15) is 4.79 Å². The quantitative estimate of drug-likeness (QED) is 0.826. The second-order valence-corrected chi connectivity index (χ2v) is 11.2. The van der Waals surface area contributed by atoms with Crippen LogP contribution in [0.1, 0.15) is 20.8 Å². The van der Waals surface area contributed by atoms with Gasteiger partial charge in [0, 0.05) is 11.6 Å². The van der Waals surface area contributed by atoms with Gasteiger partial charge in [-0.05, 0) is 36.3 Å². The number of fused-ring (bicyclic) bond motifs is 1. The maximum atomic E-state index is 11.2. The van der Waals surface area contributed by atoms with Gasteiger partial charge in [0.25, 0.3) is 8.32 Å². The maximum absolute atomic E-state index is 11.2. The molecule has 0 saturated heterocycles. The minimum atomic E-state index is -1.94. The van der Waals surface area contributed by atoms with Crippen LogP contribution in [0.3, 0.4) is 0 Å². The van der Waals surface area contributed by atoms with Crippen molar-refractivity contribution in [3.63, 3.8) is 0 Å². The lowest BCUT2D eigenvalue weighted by molar-refractivity contribution is 0.197. The molecule has 20 heavy (non-hydrogen) atoms. The molecule has 0 bridgehead atoms. The number of aromatic nitrogens is 1. The molecule has 2 aromatic rings. The van der Waals surface area contributed by atoms with E-state index in [0.29, 0.717) is 5.52 Å². The Bertz CT molecular complexity index is 653. The van der Waals surface area contributed by atoms with E-state index in [1.165, 1.54) is 4.57 Å².